The third kappa shape index (κ3) is 3.75. The molecule has 0 bridgehead atoms. The molecule has 1 unspecified atom stereocenters. The summed E-state index contributed by atoms with van der Waals surface area (Å²) in [4.78, 5) is 26.3. The van der Waals surface area contributed by atoms with Gasteiger partial charge in [-0.05, 0) is 61.9 Å². The maximum Gasteiger partial charge on any atom is 0.256 e. The van der Waals surface area contributed by atoms with E-state index >= 15 is 0 Å². The zero-order valence-electron chi connectivity index (χ0n) is 15.3. The van der Waals surface area contributed by atoms with Crippen molar-refractivity contribution in [2.24, 2.45) is 5.92 Å². The Kier molecular flexibility index (Phi) is 5.61. The van der Waals surface area contributed by atoms with E-state index in [1.165, 1.54) is 16.2 Å². The van der Waals surface area contributed by atoms with Crippen molar-refractivity contribution >= 4 is 28.2 Å². The number of hydrogen-bond acceptors (Lipinski definition) is 4. The minimum atomic E-state index is -0.218. The summed E-state index contributed by atoms with van der Waals surface area (Å²) in [5.74, 6) is 0.980. The van der Waals surface area contributed by atoms with Crippen LogP contribution in [0.5, 0.6) is 5.75 Å². The number of carbonyl (C=O) groups excluding carboxylic acids is 2. The second-order valence-electron chi connectivity index (χ2n) is 6.55. The third-order valence-corrected chi connectivity index (χ3v) is 5.79. The van der Waals surface area contributed by atoms with Gasteiger partial charge in [0.05, 0.1) is 12.2 Å². The summed E-state index contributed by atoms with van der Waals surface area (Å²) in [7, 11) is 1.62. The monoisotopic (exact) mass is 372 g/mol. The first-order chi connectivity index (χ1) is 12.5. The summed E-state index contributed by atoms with van der Waals surface area (Å²) in [5, 5.41) is 6.29. The molecule has 6 heteroatoms. The second kappa shape index (κ2) is 7.91. The summed E-state index contributed by atoms with van der Waals surface area (Å²) in [5.41, 5.74) is 2.25. The number of anilines is 1. The maximum absolute atomic E-state index is 12.6. The third-order valence-electron chi connectivity index (χ3n) is 4.62. The predicted octanol–water partition coefficient (Wildman–Crippen LogP) is 3.88. The van der Waals surface area contributed by atoms with Gasteiger partial charge in [0.15, 0.2) is 0 Å². The smallest absolute Gasteiger partial charge is 0.256 e. The van der Waals surface area contributed by atoms with Gasteiger partial charge in [0.1, 0.15) is 10.8 Å². The van der Waals surface area contributed by atoms with Crippen LogP contribution < -0.4 is 15.4 Å². The van der Waals surface area contributed by atoms with Gasteiger partial charge in [-0.3, -0.25) is 9.59 Å². The number of amides is 2. The standard InChI is InChI=1S/C20H24N2O3S/c1-4-25-14-8-6-13(7-9-14)18(23)22-20-17(19(24)21-3)15-10-5-12(2)11-16(15)26-20/h6-9,12H,4-5,10-11H2,1-3H3,(H,21,24)(H,22,23). The van der Waals surface area contributed by atoms with E-state index in [0.717, 1.165) is 30.6 Å². The van der Waals surface area contributed by atoms with Crippen molar-refractivity contribution in [2.45, 2.75) is 33.1 Å². The van der Waals surface area contributed by atoms with Crippen molar-refractivity contribution in [3.8, 4) is 5.75 Å². The zero-order chi connectivity index (χ0) is 18.7. The molecule has 1 aliphatic rings. The van der Waals surface area contributed by atoms with Crippen LogP contribution in [0.1, 0.15) is 51.4 Å². The van der Waals surface area contributed by atoms with E-state index in [1.54, 1.807) is 31.3 Å². The van der Waals surface area contributed by atoms with Crippen LogP contribution in [0.15, 0.2) is 24.3 Å². The van der Waals surface area contributed by atoms with E-state index in [2.05, 4.69) is 17.6 Å². The lowest BCUT2D eigenvalue weighted by Gasteiger charge is -2.18. The summed E-state index contributed by atoms with van der Waals surface area (Å²) in [6, 6.07) is 7.02. The quantitative estimate of drug-likeness (QED) is 0.837. The summed E-state index contributed by atoms with van der Waals surface area (Å²) >= 11 is 1.53. The average Bonchev–Trinajstić information content (AvgIpc) is 2.98. The van der Waals surface area contributed by atoms with Gasteiger partial charge in [0, 0.05) is 17.5 Å². The maximum atomic E-state index is 12.6. The van der Waals surface area contributed by atoms with Gasteiger partial charge >= 0.3 is 0 Å². The van der Waals surface area contributed by atoms with Crippen LogP contribution >= 0.6 is 11.3 Å². The van der Waals surface area contributed by atoms with Crippen molar-refractivity contribution < 1.29 is 14.3 Å². The molecule has 1 heterocycles. The lowest BCUT2D eigenvalue weighted by atomic mass is 9.88. The predicted molar refractivity (Wildman–Crippen MR) is 104 cm³/mol. The van der Waals surface area contributed by atoms with E-state index in [9.17, 15) is 9.59 Å². The Balaban J connectivity index is 1.86. The van der Waals surface area contributed by atoms with Gasteiger partial charge in [-0.2, -0.15) is 0 Å². The molecule has 0 fully saturated rings. The normalized spacial score (nSPS) is 15.9. The Morgan fingerprint density at radius 2 is 1.96 bits per heavy atom. The molecule has 5 nitrogen and oxygen atoms in total. The lowest BCUT2D eigenvalue weighted by molar-refractivity contribution is 0.0963. The number of thiophene rings is 1. The molecule has 0 radical (unpaired) electrons. The zero-order valence-corrected chi connectivity index (χ0v) is 16.2. The van der Waals surface area contributed by atoms with Gasteiger partial charge in [-0.15, -0.1) is 11.3 Å². The number of ether oxygens (including phenoxy) is 1. The van der Waals surface area contributed by atoms with Crippen molar-refractivity contribution in [2.75, 3.05) is 19.0 Å². The van der Waals surface area contributed by atoms with Crippen LogP contribution in [0.25, 0.3) is 0 Å². The number of nitrogens with one attached hydrogen (secondary N) is 2. The van der Waals surface area contributed by atoms with Crippen LogP contribution in [0.4, 0.5) is 5.00 Å². The first kappa shape index (κ1) is 18.5. The molecule has 26 heavy (non-hydrogen) atoms. The minimum absolute atomic E-state index is 0.140. The highest BCUT2D eigenvalue weighted by Gasteiger charge is 2.28. The molecular formula is C20H24N2O3S. The Morgan fingerprint density at radius 3 is 2.62 bits per heavy atom. The molecule has 1 atom stereocenters. The molecule has 3 rings (SSSR count). The molecule has 0 saturated heterocycles. The van der Waals surface area contributed by atoms with Gasteiger partial charge in [0.25, 0.3) is 11.8 Å². The van der Waals surface area contributed by atoms with Crippen molar-refractivity contribution in [3.05, 3.63) is 45.8 Å². The molecule has 1 aromatic heterocycles. The van der Waals surface area contributed by atoms with Crippen molar-refractivity contribution in [1.29, 1.82) is 0 Å². The highest BCUT2D eigenvalue weighted by atomic mass is 32.1. The fourth-order valence-electron chi connectivity index (χ4n) is 3.25. The molecule has 2 amide bonds. The van der Waals surface area contributed by atoms with E-state index < -0.39 is 0 Å². The Bertz CT molecular complexity index is 811. The lowest BCUT2D eigenvalue weighted by Crippen LogP contribution is -2.22. The topological polar surface area (TPSA) is 67.4 Å². The number of hydrogen-bond donors (Lipinski definition) is 2. The molecule has 0 saturated carbocycles. The number of carbonyl (C=O) groups is 2. The number of fused-ring (bicyclic) bond motifs is 1. The average molecular weight is 372 g/mol. The van der Waals surface area contributed by atoms with Crippen LogP contribution in [-0.4, -0.2) is 25.5 Å². The Labute approximate surface area is 157 Å². The van der Waals surface area contributed by atoms with Gasteiger partial charge in [-0.1, -0.05) is 6.92 Å². The molecule has 2 N–H and O–H groups in total. The van der Waals surface area contributed by atoms with Crippen molar-refractivity contribution in [3.63, 3.8) is 0 Å². The SMILES string of the molecule is CCOc1ccc(C(=O)Nc2sc3c(c2C(=O)NC)CCC(C)C3)cc1. The minimum Gasteiger partial charge on any atom is -0.494 e. The van der Waals surface area contributed by atoms with Gasteiger partial charge < -0.3 is 15.4 Å². The molecule has 0 spiro atoms. The fourth-order valence-corrected chi connectivity index (χ4v) is 4.65. The molecule has 1 aliphatic carbocycles. The second-order valence-corrected chi connectivity index (χ2v) is 7.65. The van der Waals surface area contributed by atoms with Gasteiger partial charge in [0.2, 0.25) is 0 Å². The highest BCUT2D eigenvalue weighted by molar-refractivity contribution is 7.17. The Hall–Kier alpha value is -2.34. The van der Waals surface area contributed by atoms with Crippen LogP contribution in [0.2, 0.25) is 0 Å². The first-order valence-corrected chi connectivity index (χ1v) is 9.76. The molecule has 2 aromatic rings. The molecule has 0 aliphatic heterocycles. The molecule has 138 valence electrons. The number of rotatable bonds is 5. The summed E-state index contributed by atoms with van der Waals surface area (Å²) in [6.07, 6.45) is 2.91. The van der Waals surface area contributed by atoms with E-state index in [0.29, 0.717) is 28.7 Å². The molecule has 1 aromatic carbocycles. The highest BCUT2D eigenvalue weighted by Crippen LogP contribution is 2.39. The van der Waals surface area contributed by atoms with E-state index in [1.807, 2.05) is 6.92 Å². The molecular weight excluding hydrogens is 348 g/mol. The number of benzene rings is 1. The fraction of sp³-hybridized carbons (Fsp3) is 0.400. The summed E-state index contributed by atoms with van der Waals surface area (Å²) in [6.45, 7) is 4.72. The van der Waals surface area contributed by atoms with Crippen molar-refractivity contribution in [1.82, 2.24) is 5.32 Å². The van der Waals surface area contributed by atoms with E-state index in [-0.39, 0.29) is 11.8 Å². The van der Waals surface area contributed by atoms with Crippen LogP contribution in [-0.2, 0) is 12.8 Å². The van der Waals surface area contributed by atoms with Gasteiger partial charge in [-0.25, -0.2) is 0 Å². The summed E-state index contributed by atoms with van der Waals surface area (Å²) < 4.78 is 5.41. The Morgan fingerprint density at radius 1 is 1.23 bits per heavy atom. The first-order valence-electron chi connectivity index (χ1n) is 8.94. The van der Waals surface area contributed by atoms with Crippen LogP contribution in [0, 0.1) is 5.92 Å². The van der Waals surface area contributed by atoms with E-state index in [4.69, 9.17) is 4.74 Å². The largest absolute Gasteiger partial charge is 0.494 e. The van der Waals surface area contributed by atoms with Crippen LogP contribution in [0.3, 0.4) is 0 Å².